The van der Waals surface area contributed by atoms with Crippen molar-refractivity contribution in [1.29, 1.82) is 0 Å². The van der Waals surface area contributed by atoms with Crippen LogP contribution in [0.25, 0.3) is 0 Å². The second kappa shape index (κ2) is 11.6. The van der Waals surface area contributed by atoms with Crippen LogP contribution in [0.15, 0.2) is 71.6 Å². The Morgan fingerprint density at radius 2 is 1.58 bits per heavy atom. The third kappa shape index (κ3) is 6.49. The average Bonchev–Trinajstić information content (AvgIpc) is 2.90. The summed E-state index contributed by atoms with van der Waals surface area (Å²) in [5, 5.41) is 2.69. The van der Waals surface area contributed by atoms with E-state index in [2.05, 4.69) is 5.32 Å². The first-order valence-corrected chi connectivity index (χ1v) is 12.7. The maximum Gasteiger partial charge on any atom is 0.416 e. The fourth-order valence-electron chi connectivity index (χ4n) is 3.65. The quantitative estimate of drug-likeness (QED) is 0.388. The number of alkyl halides is 3. The molecule has 1 N–H and O–H groups in total. The Morgan fingerprint density at radius 3 is 2.16 bits per heavy atom. The molecule has 1 atom stereocenters. The number of carbonyl (C=O) groups excluding carboxylic acids is 1. The van der Waals surface area contributed by atoms with E-state index < -0.39 is 40.3 Å². The van der Waals surface area contributed by atoms with Crippen LogP contribution in [0, 0.1) is 0 Å². The predicted octanol–water partition coefficient (Wildman–Crippen LogP) is 4.80. The van der Waals surface area contributed by atoms with E-state index in [1.807, 2.05) is 0 Å². The molecule has 0 aliphatic carbocycles. The molecule has 12 heteroatoms. The van der Waals surface area contributed by atoms with Gasteiger partial charge in [0, 0.05) is 6.07 Å². The molecule has 0 bridgehead atoms. The van der Waals surface area contributed by atoms with Gasteiger partial charge in [-0.3, -0.25) is 9.10 Å². The lowest BCUT2D eigenvalue weighted by Gasteiger charge is -2.26. The molecule has 204 valence electrons. The van der Waals surface area contributed by atoms with Gasteiger partial charge in [-0.15, -0.1) is 0 Å². The van der Waals surface area contributed by atoms with Gasteiger partial charge >= 0.3 is 6.18 Å². The molecule has 0 saturated heterocycles. The molecule has 3 rings (SSSR count). The largest absolute Gasteiger partial charge is 0.497 e. The highest BCUT2D eigenvalue weighted by Gasteiger charge is 2.33. The van der Waals surface area contributed by atoms with Crippen LogP contribution in [-0.2, 0) is 21.0 Å². The SMILES string of the molecule is COc1ccc(C(C)NC(=O)CN(c2cccc(C(F)(F)F)c2)S(=O)(=O)c2ccc(OC)c(OC)c2)cc1. The summed E-state index contributed by atoms with van der Waals surface area (Å²) in [7, 11) is -0.327. The zero-order chi connectivity index (χ0) is 28.1. The number of anilines is 1. The summed E-state index contributed by atoms with van der Waals surface area (Å²) in [5.41, 5.74) is -0.677. The second-order valence-corrected chi connectivity index (χ2v) is 10.0. The molecule has 3 aromatic carbocycles. The van der Waals surface area contributed by atoms with Crippen LogP contribution >= 0.6 is 0 Å². The smallest absolute Gasteiger partial charge is 0.416 e. The van der Waals surface area contributed by atoms with E-state index in [0.29, 0.717) is 21.7 Å². The van der Waals surface area contributed by atoms with E-state index in [1.54, 1.807) is 31.2 Å². The van der Waals surface area contributed by atoms with Crippen molar-refractivity contribution in [2.75, 3.05) is 32.2 Å². The van der Waals surface area contributed by atoms with E-state index in [0.717, 1.165) is 12.1 Å². The number of nitrogens with one attached hydrogen (secondary N) is 1. The lowest BCUT2D eigenvalue weighted by atomic mass is 10.1. The van der Waals surface area contributed by atoms with Crippen molar-refractivity contribution >= 4 is 21.6 Å². The molecule has 0 aromatic heterocycles. The molecule has 0 heterocycles. The van der Waals surface area contributed by atoms with E-state index in [-0.39, 0.29) is 22.1 Å². The highest BCUT2D eigenvalue weighted by molar-refractivity contribution is 7.92. The zero-order valence-corrected chi connectivity index (χ0v) is 21.9. The number of methoxy groups -OCH3 is 3. The van der Waals surface area contributed by atoms with Gasteiger partial charge in [0.05, 0.1) is 43.5 Å². The van der Waals surface area contributed by atoms with E-state index in [1.165, 1.54) is 45.6 Å². The van der Waals surface area contributed by atoms with E-state index in [9.17, 15) is 26.4 Å². The van der Waals surface area contributed by atoms with Crippen LogP contribution < -0.4 is 23.8 Å². The van der Waals surface area contributed by atoms with Crippen LogP contribution in [-0.4, -0.2) is 42.2 Å². The van der Waals surface area contributed by atoms with Gasteiger partial charge in [-0.2, -0.15) is 13.2 Å². The van der Waals surface area contributed by atoms with Crippen LogP contribution in [0.4, 0.5) is 18.9 Å². The van der Waals surface area contributed by atoms with Crippen LogP contribution in [0.1, 0.15) is 24.1 Å². The van der Waals surface area contributed by atoms with Crippen molar-refractivity contribution in [3.05, 3.63) is 77.9 Å². The highest BCUT2D eigenvalue weighted by Crippen LogP contribution is 2.35. The Kier molecular flexibility index (Phi) is 8.77. The maximum atomic E-state index is 13.7. The summed E-state index contributed by atoms with van der Waals surface area (Å²) >= 11 is 0. The highest BCUT2D eigenvalue weighted by atomic mass is 32.2. The minimum Gasteiger partial charge on any atom is -0.497 e. The lowest BCUT2D eigenvalue weighted by molar-refractivity contribution is -0.137. The number of halogens is 3. The summed E-state index contributed by atoms with van der Waals surface area (Å²) < 4.78 is 83.7. The number of ether oxygens (including phenoxy) is 3. The Hall–Kier alpha value is -3.93. The van der Waals surface area contributed by atoms with Gasteiger partial charge in [0.25, 0.3) is 10.0 Å². The van der Waals surface area contributed by atoms with Crippen LogP contribution in [0.5, 0.6) is 17.2 Å². The maximum absolute atomic E-state index is 13.7. The molecule has 0 saturated carbocycles. The minimum atomic E-state index is -4.72. The number of benzene rings is 3. The first-order chi connectivity index (χ1) is 17.9. The predicted molar refractivity (Wildman–Crippen MR) is 135 cm³/mol. The van der Waals surface area contributed by atoms with Crippen molar-refractivity contribution in [2.24, 2.45) is 0 Å². The zero-order valence-electron chi connectivity index (χ0n) is 21.1. The van der Waals surface area contributed by atoms with Crippen molar-refractivity contribution in [1.82, 2.24) is 5.32 Å². The van der Waals surface area contributed by atoms with Crippen molar-refractivity contribution < 1.29 is 40.6 Å². The molecule has 3 aromatic rings. The molecule has 0 spiro atoms. The van der Waals surface area contributed by atoms with E-state index >= 15 is 0 Å². The summed E-state index contributed by atoms with van der Waals surface area (Å²) in [6, 6.07) is 13.8. The number of rotatable bonds is 10. The Labute approximate surface area is 219 Å². The lowest BCUT2D eigenvalue weighted by Crippen LogP contribution is -2.41. The summed E-state index contributed by atoms with van der Waals surface area (Å²) in [4.78, 5) is 12.7. The molecule has 0 aliphatic rings. The first-order valence-electron chi connectivity index (χ1n) is 11.3. The number of carbonyl (C=O) groups is 1. The molecule has 1 unspecified atom stereocenters. The molecule has 38 heavy (non-hydrogen) atoms. The Balaban J connectivity index is 1.99. The molecule has 0 aliphatic heterocycles. The van der Waals surface area contributed by atoms with Gasteiger partial charge in [0.2, 0.25) is 5.91 Å². The normalized spacial score (nSPS) is 12.4. The van der Waals surface area contributed by atoms with Crippen molar-refractivity contribution in [3.63, 3.8) is 0 Å². The molecule has 0 fully saturated rings. The molecular formula is C26H27F3N2O6S. The van der Waals surface area contributed by atoms with Gasteiger partial charge in [-0.25, -0.2) is 8.42 Å². The average molecular weight is 553 g/mol. The van der Waals surface area contributed by atoms with Gasteiger partial charge in [0.15, 0.2) is 11.5 Å². The van der Waals surface area contributed by atoms with Crippen molar-refractivity contribution in [3.8, 4) is 17.2 Å². The topological polar surface area (TPSA) is 94.2 Å². The number of hydrogen-bond acceptors (Lipinski definition) is 6. The first kappa shape index (κ1) is 28.6. The summed E-state index contributed by atoms with van der Waals surface area (Å²) in [6.45, 7) is 0.912. The Morgan fingerprint density at radius 1 is 0.921 bits per heavy atom. The fourth-order valence-corrected chi connectivity index (χ4v) is 5.08. The van der Waals surface area contributed by atoms with Gasteiger partial charge in [-0.1, -0.05) is 18.2 Å². The van der Waals surface area contributed by atoms with Crippen LogP contribution in [0.3, 0.4) is 0 Å². The monoisotopic (exact) mass is 552 g/mol. The number of hydrogen-bond donors (Lipinski definition) is 1. The minimum absolute atomic E-state index is 0.0927. The number of sulfonamides is 1. The van der Waals surface area contributed by atoms with Gasteiger partial charge < -0.3 is 19.5 Å². The summed E-state index contributed by atoms with van der Waals surface area (Å²) in [5.74, 6) is 0.233. The third-order valence-electron chi connectivity index (χ3n) is 5.68. The van der Waals surface area contributed by atoms with Crippen molar-refractivity contribution in [2.45, 2.75) is 24.0 Å². The molecular weight excluding hydrogens is 525 g/mol. The number of nitrogens with zero attached hydrogens (tertiary/aromatic N) is 1. The third-order valence-corrected chi connectivity index (χ3v) is 7.45. The van der Waals surface area contributed by atoms with Crippen LogP contribution in [0.2, 0.25) is 0 Å². The van der Waals surface area contributed by atoms with Gasteiger partial charge in [0.1, 0.15) is 12.3 Å². The number of amides is 1. The molecule has 0 radical (unpaired) electrons. The summed E-state index contributed by atoms with van der Waals surface area (Å²) in [6.07, 6.45) is -4.72. The molecule has 1 amide bonds. The second-order valence-electron chi connectivity index (χ2n) is 8.14. The standard InChI is InChI=1S/C26H27F3N2O6S/c1-17(18-8-10-21(35-2)11-9-18)30-25(32)16-31(20-7-5-6-19(14-20)26(27,28)29)38(33,34)22-12-13-23(36-3)24(15-22)37-4/h5-15,17H,16H2,1-4H3,(H,30,32). The Bertz CT molecular complexity index is 1380. The van der Waals surface area contributed by atoms with Gasteiger partial charge in [-0.05, 0) is 55.0 Å². The fraction of sp³-hybridized carbons (Fsp3) is 0.269. The van der Waals surface area contributed by atoms with E-state index in [4.69, 9.17) is 14.2 Å². The molecule has 8 nitrogen and oxygen atoms in total.